The molecule has 2 aromatic rings. The number of amides is 1. The van der Waals surface area contributed by atoms with E-state index in [-0.39, 0.29) is 26.9 Å². The second kappa shape index (κ2) is 6.55. The summed E-state index contributed by atoms with van der Waals surface area (Å²) in [7, 11) is -2.23. The van der Waals surface area contributed by atoms with Crippen LogP contribution in [0.4, 0.5) is 10.1 Å². The summed E-state index contributed by atoms with van der Waals surface area (Å²) in [6, 6.07) is 7.54. The number of carbonyl (C=O) groups excluding carboxylic acids is 1. The van der Waals surface area contributed by atoms with Crippen molar-refractivity contribution in [3.63, 3.8) is 0 Å². The lowest BCUT2D eigenvalue weighted by atomic mass is 10.2. The Morgan fingerprint density at radius 3 is 2.52 bits per heavy atom. The Kier molecular flexibility index (Phi) is 4.91. The molecule has 0 saturated heterocycles. The number of sulfone groups is 1. The number of carbonyl (C=O) groups is 1. The molecule has 8 heteroatoms. The largest absolute Gasteiger partial charge is 0.494 e. The monoisotopic (exact) mass is 357 g/mol. The highest BCUT2D eigenvalue weighted by atomic mass is 35.5. The molecule has 122 valence electrons. The summed E-state index contributed by atoms with van der Waals surface area (Å²) in [5, 5.41) is 2.57. The molecule has 1 amide bonds. The van der Waals surface area contributed by atoms with Crippen molar-refractivity contribution in [3.05, 3.63) is 52.8 Å². The van der Waals surface area contributed by atoms with Crippen LogP contribution in [0.2, 0.25) is 5.02 Å². The Hall–Kier alpha value is -2.12. The maximum absolute atomic E-state index is 13.1. The van der Waals surface area contributed by atoms with Crippen LogP contribution in [0.1, 0.15) is 10.4 Å². The van der Waals surface area contributed by atoms with Gasteiger partial charge in [-0.1, -0.05) is 11.6 Å². The van der Waals surface area contributed by atoms with Crippen LogP contribution in [0.3, 0.4) is 0 Å². The van der Waals surface area contributed by atoms with Gasteiger partial charge in [-0.15, -0.1) is 0 Å². The number of methoxy groups -OCH3 is 1. The van der Waals surface area contributed by atoms with Crippen molar-refractivity contribution in [1.29, 1.82) is 0 Å². The van der Waals surface area contributed by atoms with Gasteiger partial charge in [-0.3, -0.25) is 4.79 Å². The van der Waals surface area contributed by atoms with Crippen molar-refractivity contribution in [2.24, 2.45) is 0 Å². The fourth-order valence-corrected chi connectivity index (χ4v) is 3.19. The lowest BCUT2D eigenvalue weighted by Crippen LogP contribution is -2.13. The SMILES string of the molecule is COc1cc(F)ccc1NC(=O)c1ccc(Cl)c(S(C)(=O)=O)c1. The molecule has 0 spiro atoms. The van der Waals surface area contributed by atoms with Crippen LogP contribution < -0.4 is 10.1 Å². The highest BCUT2D eigenvalue weighted by Crippen LogP contribution is 2.27. The summed E-state index contributed by atoms with van der Waals surface area (Å²) in [5.41, 5.74) is 0.357. The summed E-state index contributed by atoms with van der Waals surface area (Å²) < 4.78 is 41.4. The molecule has 2 aromatic carbocycles. The third-order valence-corrected chi connectivity index (χ3v) is 4.58. The van der Waals surface area contributed by atoms with E-state index >= 15 is 0 Å². The molecular formula is C15H13ClFNO4S. The zero-order valence-corrected chi connectivity index (χ0v) is 13.8. The topological polar surface area (TPSA) is 72.5 Å². The van der Waals surface area contributed by atoms with Gasteiger partial charge in [0.15, 0.2) is 9.84 Å². The third kappa shape index (κ3) is 4.00. The number of anilines is 1. The molecular weight excluding hydrogens is 345 g/mol. The van der Waals surface area contributed by atoms with E-state index in [1.165, 1.54) is 37.4 Å². The first-order valence-electron chi connectivity index (χ1n) is 6.37. The van der Waals surface area contributed by atoms with Crippen molar-refractivity contribution in [2.75, 3.05) is 18.7 Å². The molecule has 0 radical (unpaired) electrons. The van der Waals surface area contributed by atoms with Crippen molar-refractivity contribution >= 4 is 33.0 Å². The lowest BCUT2D eigenvalue weighted by molar-refractivity contribution is 0.102. The molecule has 1 N–H and O–H groups in total. The molecule has 2 rings (SSSR count). The Morgan fingerprint density at radius 2 is 1.91 bits per heavy atom. The highest BCUT2D eigenvalue weighted by molar-refractivity contribution is 7.90. The quantitative estimate of drug-likeness (QED) is 0.912. The summed E-state index contributed by atoms with van der Waals surface area (Å²) in [6.07, 6.45) is 0.999. The van der Waals surface area contributed by atoms with Crippen molar-refractivity contribution < 1.29 is 22.3 Å². The smallest absolute Gasteiger partial charge is 0.255 e. The Balaban J connectivity index is 2.36. The molecule has 0 aliphatic heterocycles. The Bertz CT molecular complexity index is 868. The second-order valence-corrected chi connectivity index (χ2v) is 7.11. The molecule has 0 unspecified atom stereocenters. The fraction of sp³-hybridized carbons (Fsp3) is 0.133. The van der Waals surface area contributed by atoms with Crippen LogP contribution in [0.25, 0.3) is 0 Å². The number of benzene rings is 2. The van der Waals surface area contributed by atoms with Gasteiger partial charge in [-0.25, -0.2) is 12.8 Å². The molecule has 0 saturated carbocycles. The fourth-order valence-electron chi connectivity index (χ4n) is 1.89. The first-order valence-corrected chi connectivity index (χ1v) is 8.64. The predicted molar refractivity (Wildman–Crippen MR) is 85.5 cm³/mol. The van der Waals surface area contributed by atoms with Gasteiger partial charge in [-0.05, 0) is 30.3 Å². The highest BCUT2D eigenvalue weighted by Gasteiger charge is 2.17. The van der Waals surface area contributed by atoms with E-state index in [0.717, 1.165) is 12.3 Å². The van der Waals surface area contributed by atoms with E-state index in [0.29, 0.717) is 0 Å². The summed E-state index contributed by atoms with van der Waals surface area (Å²) in [4.78, 5) is 12.1. The number of hydrogen-bond donors (Lipinski definition) is 1. The van der Waals surface area contributed by atoms with Gasteiger partial charge in [-0.2, -0.15) is 0 Å². The maximum Gasteiger partial charge on any atom is 0.255 e. The number of hydrogen-bond acceptors (Lipinski definition) is 4. The molecule has 5 nitrogen and oxygen atoms in total. The van der Waals surface area contributed by atoms with E-state index in [1.54, 1.807) is 0 Å². The average Bonchev–Trinajstić information content (AvgIpc) is 2.48. The maximum atomic E-state index is 13.1. The van der Waals surface area contributed by atoms with Crippen LogP contribution in [0, 0.1) is 5.82 Å². The van der Waals surface area contributed by atoms with Crippen LogP contribution in [-0.4, -0.2) is 27.7 Å². The molecule has 0 aromatic heterocycles. The van der Waals surface area contributed by atoms with Crippen molar-refractivity contribution in [1.82, 2.24) is 0 Å². The van der Waals surface area contributed by atoms with Gasteiger partial charge in [0.2, 0.25) is 0 Å². The standard InChI is InChI=1S/C15H13ClFNO4S/c1-22-13-8-10(17)4-6-12(13)18-15(19)9-3-5-11(16)14(7-9)23(2,20)21/h3-8H,1-2H3,(H,18,19). The van der Waals surface area contributed by atoms with Gasteiger partial charge < -0.3 is 10.1 Å². The summed E-state index contributed by atoms with van der Waals surface area (Å²) in [6.45, 7) is 0. The van der Waals surface area contributed by atoms with Gasteiger partial charge in [0, 0.05) is 17.9 Å². The molecule has 0 fully saturated rings. The van der Waals surface area contributed by atoms with Gasteiger partial charge in [0.05, 0.1) is 22.7 Å². The number of ether oxygens (including phenoxy) is 1. The molecule has 0 aliphatic rings. The predicted octanol–water partition coefficient (Wildman–Crippen LogP) is 3.14. The van der Waals surface area contributed by atoms with Gasteiger partial charge in [0.1, 0.15) is 11.6 Å². The molecule has 0 heterocycles. The lowest BCUT2D eigenvalue weighted by Gasteiger charge is -2.11. The first kappa shape index (κ1) is 17.2. The minimum atomic E-state index is -3.57. The molecule has 0 aliphatic carbocycles. The molecule has 0 bridgehead atoms. The van der Waals surface area contributed by atoms with Crippen molar-refractivity contribution in [3.8, 4) is 5.75 Å². The zero-order chi connectivity index (χ0) is 17.2. The minimum Gasteiger partial charge on any atom is -0.494 e. The van der Waals surface area contributed by atoms with E-state index in [9.17, 15) is 17.6 Å². The second-order valence-electron chi connectivity index (χ2n) is 4.72. The Morgan fingerprint density at radius 1 is 1.22 bits per heavy atom. The first-order chi connectivity index (χ1) is 10.7. The minimum absolute atomic E-state index is 0.0309. The van der Waals surface area contributed by atoms with Crippen LogP contribution >= 0.6 is 11.6 Å². The van der Waals surface area contributed by atoms with Crippen LogP contribution in [0.15, 0.2) is 41.3 Å². The average molecular weight is 358 g/mol. The van der Waals surface area contributed by atoms with E-state index in [4.69, 9.17) is 16.3 Å². The number of nitrogens with one attached hydrogen (secondary N) is 1. The van der Waals surface area contributed by atoms with E-state index in [2.05, 4.69) is 5.32 Å². The Labute approximate surface area is 138 Å². The molecule has 0 atom stereocenters. The van der Waals surface area contributed by atoms with Gasteiger partial charge >= 0.3 is 0 Å². The molecule has 23 heavy (non-hydrogen) atoms. The number of halogens is 2. The zero-order valence-electron chi connectivity index (χ0n) is 12.3. The normalized spacial score (nSPS) is 11.1. The third-order valence-electron chi connectivity index (χ3n) is 3.00. The van der Waals surface area contributed by atoms with Gasteiger partial charge in [0.25, 0.3) is 5.91 Å². The summed E-state index contributed by atoms with van der Waals surface area (Å²) in [5.74, 6) is -0.933. The van der Waals surface area contributed by atoms with E-state index in [1.807, 2.05) is 0 Å². The van der Waals surface area contributed by atoms with Crippen LogP contribution in [0.5, 0.6) is 5.75 Å². The van der Waals surface area contributed by atoms with Crippen LogP contribution in [-0.2, 0) is 9.84 Å². The number of rotatable bonds is 4. The van der Waals surface area contributed by atoms with Crippen molar-refractivity contribution in [2.45, 2.75) is 4.90 Å². The summed E-state index contributed by atoms with van der Waals surface area (Å²) >= 11 is 5.84. The van der Waals surface area contributed by atoms with E-state index < -0.39 is 21.6 Å².